The average Bonchev–Trinajstić information content (AvgIpc) is 2.27. The Morgan fingerprint density at radius 1 is 1.45 bits per heavy atom. The average molecular weight is 150 g/mol. The smallest absolute Gasteiger partial charge is 0.142 e. The third kappa shape index (κ3) is 0.361. The van der Waals surface area contributed by atoms with E-state index in [1.165, 1.54) is 19.3 Å². The Labute approximate surface area is 67.2 Å². The molecular weight excluding hydrogens is 136 g/mol. The van der Waals surface area contributed by atoms with Gasteiger partial charge < -0.3 is 0 Å². The second-order valence-electron chi connectivity index (χ2n) is 5.07. The van der Waals surface area contributed by atoms with Crippen molar-refractivity contribution in [2.75, 3.05) is 0 Å². The molecule has 0 aromatic heterocycles. The third-order valence-corrected chi connectivity index (χ3v) is 5.04. The van der Waals surface area contributed by atoms with Crippen molar-refractivity contribution < 1.29 is 4.79 Å². The van der Waals surface area contributed by atoms with Crippen LogP contribution < -0.4 is 0 Å². The van der Waals surface area contributed by atoms with Crippen LogP contribution >= 0.6 is 0 Å². The predicted octanol–water partition coefficient (Wildman–Crippen LogP) is 2.01. The van der Waals surface area contributed by atoms with Crippen LogP contribution in [0.3, 0.4) is 0 Å². The van der Waals surface area contributed by atoms with E-state index in [0.717, 1.165) is 5.92 Å². The number of ketones is 1. The zero-order valence-corrected chi connectivity index (χ0v) is 7.18. The fourth-order valence-electron chi connectivity index (χ4n) is 4.01. The van der Waals surface area contributed by atoms with Gasteiger partial charge in [0.25, 0.3) is 0 Å². The number of Topliss-reactive ketones (excluding diaryl/α,β-unsaturated/α-hetero) is 1. The summed E-state index contributed by atoms with van der Waals surface area (Å²) in [7, 11) is 0. The lowest BCUT2D eigenvalue weighted by Gasteiger charge is -2.43. The lowest BCUT2D eigenvalue weighted by atomic mass is 9.60. The topological polar surface area (TPSA) is 17.1 Å². The molecule has 1 heteroatoms. The van der Waals surface area contributed by atoms with Crippen LogP contribution in [0.5, 0.6) is 0 Å². The maximum atomic E-state index is 11.7. The molecule has 4 atom stereocenters. The molecule has 0 aliphatic heterocycles. The maximum Gasteiger partial charge on any atom is 0.142 e. The lowest BCUT2D eigenvalue weighted by Crippen LogP contribution is -2.38. The first-order valence-electron chi connectivity index (χ1n) is 4.64. The molecule has 4 bridgehead atoms. The van der Waals surface area contributed by atoms with Crippen molar-refractivity contribution in [2.24, 2.45) is 22.7 Å². The standard InChI is InChI=1S/C10H14O/c1-9-4-3-7-6(8(9)11)5-10(7,9)2/h6-7H,3-5H2,1-2H3/t6-,7-,9+,10-/m0/s1. The normalized spacial score (nSPS) is 65.1. The first-order valence-corrected chi connectivity index (χ1v) is 4.64. The Kier molecular flexibility index (Phi) is 0.733. The van der Waals surface area contributed by atoms with Gasteiger partial charge in [-0.2, -0.15) is 0 Å². The predicted molar refractivity (Wildman–Crippen MR) is 42.1 cm³/mol. The van der Waals surface area contributed by atoms with Crippen LogP contribution in [0.1, 0.15) is 33.1 Å². The van der Waals surface area contributed by atoms with Crippen molar-refractivity contribution in [3.63, 3.8) is 0 Å². The van der Waals surface area contributed by atoms with Gasteiger partial charge in [0.05, 0.1) is 0 Å². The molecule has 4 fully saturated rings. The van der Waals surface area contributed by atoms with Crippen LogP contribution in [0.2, 0.25) is 0 Å². The molecule has 0 unspecified atom stereocenters. The zero-order chi connectivity index (χ0) is 7.85. The molecule has 0 saturated heterocycles. The second kappa shape index (κ2) is 1.30. The summed E-state index contributed by atoms with van der Waals surface area (Å²) in [6.07, 6.45) is 3.69. The number of hydrogen-bond donors (Lipinski definition) is 0. The monoisotopic (exact) mass is 150 g/mol. The summed E-state index contributed by atoms with van der Waals surface area (Å²) >= 11 is 0. The zero-order valence-electron chi connectivity index (χ0n) is 7.18. The first-order chi connectivity index (χ1) is 5.09. The van der Waals surface area contributed by atoms with Gasteiger partial charge in [-0.25, -0.2) is 0 Å². The summed E-state index contributed by atoms with van der Waals surface area (Å²) in [6, 6.07) is 0. The van der Waals surface area contributed by atoms with Crippen molar-refractivity contribution in [3.8, 4) is 0 Å². The van der Waals surface area contributed by atoms with Gasteiger partial charge in [0, 0.05) is 11.3 Å². The Bertz CT molecular complexity index is 258. The van der Waals surface area contributed by atoms with Gasteiger partial charge in [-0.05, 0) is 30.6 Å². The molecule has 0 spiro atoms. The van der Waals surface area contributed by atoms with E-state index in [1.54, 1.807) is 0 Å². The van der Waals surface area contributed by atoms with E-state index < -0.39 is 0 Å². The molecule has 11 heavy (non-hydrogen) atoms. The molecule has 0 aromatic carbocycles. The minimum Gasteiger partial charge on any atom is -0.299 e. The SMILES string of the molecule is C[C@@]12C[C@@H]3C(=O)[C@@]1(C)CC[C@@H]32. The van der Waals surface area contributed by atoms with Crippen LogP contribution in [-0.2, 0) is 4.79 Å². The fourth-order valence-corrected chi connectivity index (χ4v) is 4.01. The Morgan fingerprint density at radius 2 is 2.18 bits per heavy atom. The van der Waals surface area contributed by atoms with Crippen molar-refractivity contribution >= 4 is 5.78 Å². The summed E-state index contributed by atoms with van der Waals surface area (Å²) < 4.78 is 0. The van der Waals surface area contributed by atoms with Crippen molar-refractivity contribution in [1.82, 2.24) is 0 Å². The molecule has 0 radical (unpaired) electrons. The highest BCUT2D eigenvalue weighted by Crippen LogP contribution is 2.76. The van der Waals surface area contributed by atoms with Gasteiger partial charge in [-0.1, -0.05) is 13.8 Å². The minimum absolute atomic E-state index is 0.0995. The van der Waals surface area contributed by atoms with E-state index in [0.29, 0.717) is 17.1 Å². The summed E-state index contributed by atoms with van der Waals surface area (Å²) in [5.41, 5.74) is 0.525. The van der Waals surface area contributed by atoms with Crippen LogP contribution in [0.15, 0.2) is 0 Å². The highest BCUT2D eigenvalue weighted by Gasteiger charge is 2.75. The van der Waals surface area contributed by atoms with Crippen LogP contribution in [0.25, 0.3) is 0 Å². The van der Waals surface area contributed by atoms with E-state index in [9.17, 15) is 4.79 Å². The summed E-state index contributed by atoms with van der Waals surface area (Å²) in [5.74, 6) is 1.86. The quantitative estimate of drug-likeness (QED) is 0.516. The van der Waals surface area contributed by atoms with Gasteiger partial charge in [-0.15, -0.1) is 0 Å². The van der Waals surface area contributed by atoms with Crippen molar-refractivity contribution in [3.05, 3.63) is 0 Å². The highest BCUT2D eigenvalue weighted by atomic mass is 16.1. The third-order valence-electron chi connectivity index (χ3n) is 5.04. The molecule has 1 nitrogen and oxygen atoms in total. The maximum absolute atomic E-state index is 11.7. The van der Waals surface area contributed by atoms with E-state index >= 15 is 0 Å². The molecule has 0 N–H and O–H groups in total. The number of hydrogen-bond acceptors (Lipinski definition) is 1. The highest BCUT2D eigenvalue weighted by molar-refractivity contribution is 5.94. The lowest BCUT2D eigenvalue weighted by molar-refractivity contribution is -0.128. The van der Waals surface area contributed by atoms with Crippen molar-refractivity contribution in [1.29, 1.82) is 0 Å². The molecule has 4 aliphatic carbocycles. The van der Waals surface area contributed by atoms with Crippen molar-refractivity contribution in [2.45, 2.75) is 33.1 Å². The molecular formula is C10H14O. The minimum atomic E-state index is 0.0995. The second-order valence-corrected chi connectivity index (χ2v) is 5.07. The van der Waals surface area contributed by atoms with E-state index in [-0.39, 0.29) is 5.41 Å². The molecule has 4 aliphatic rings. The summed E-state index contributed by atoms with van der Waals surface area (Å²) in [6.45, 7) is 4.52. The molecule has 0 heterocycles. The van der Waals surface area contributed by atoms with E-state index in [2.05, 4.69) is 13.8 Å². The number of carbonyl (C=O) groups is 1. The summed E-state index contributed by atoms with van der Waals surface area (Å²) in [5, 5.41) is 0. The Balaban J connectivity index is 2.22. The van der Waals surface area contributed by atoms with Gasteiger partial charge in [0.15, 0.2) is 0 Å². The van der Waals surface area contributed by atoms with Gasteiger partial charge in [0.2, 0.25) is 0 Å². The van der Waals surface area contributed by atoms with E-state index in [4.69, 9.17) is 0 Å². The number of carbonyl (C=O) groups excluding carboxylic acids is 1. The van der Waals surface area contributed by atoms with Gasteiger partial charge in [-0.3, -0.25) is 4.79 Å². The molecule has 4 saturated carbocycles. The molecule has 4 rings (SSSR count). The largest absolute Gasteiger partial charge is 0.299 e. The van der Waals surface area contributed by atoms with Gasteiger partial charge >= 0.3 is 0 Å². The first kappa shape index (κ1) is 6.22. The van der Waals surface area contributed by atoms with Crippen LogP contribution in [-0.4, -0.2) is 5.78 Å². The summed E-state index contributed by atoms with van der Waals surface area (Å²) in [4.78, 5) is 11.7. The Hall–Kier alpha value is -0.330. The van der Waals surface area contributed by atoms with Gasteiger partial charge in [0.1, 0.15) is 5.78 Å². The fraction of sp³-hybridized carbons (Fsp3) is 0.900. The van der Waals surface area contributed by atoms with Crippen LogP contribution in [0, 0.1) is 22.7 Å². The van der Waals surface area contributed by atoms with E-state index in [1.807, 2.05) is 0 Å². The Morgan fingerprint density at radius 3 is 2.55 bits per heavy atom. The van der Waals surface area contributed by atoms with Crippen LogP contribution in [0.4, 0.5) is 0 Å². The number of rotatable bonds is 0. The molecule has 0 amide bonds. The molecule has 60 valence electrons. The molecule has 0 aromatic rings.